The molecule has 0 atom stereocenters. The van der Waals surface area contributed by atoms with E-state index in [1.165, 1.54) is 6.07 Å². The molecule has 0 aliphatic heterocycles. The van der Waals surface area contributed by atoms with Crippen LogP contribution < -0.4 is 5.32 Å². The van der Waals surface area contributed by atoms with Crippen LogP contribution >= 0.6 is 11.6 Å². The summed E-state index contributed by atoms with van der Waals surface area (Å²) in [4.78, 5) is 14.7. The van der Waals surface area contributed by atoms with Crippen molar-refractivity contribution >= 4 is 23.4 Å². The number of aromatic carboxylic acids is 1. The number of ether oxygens (including phenoxy) is 1. The molecule has 0 bridgehead atoms. The first kappa shape index (κ1) is 14.7. The van der Waals surface area contributed by atoms with Crippen molar-refractivity contribution < 1.29 is 14.6 Å². The molecule has 0 fully saturated rings. The van der Waals surface area contributed by atoms with Gasteiger partial charge < -0.3 is 15.2 Å². The number of nitrogens with one attached hydrogen (secondary N) is 1. The van der Waals surface area contributed by atoms with Crippen molar-refractivity contribution in [3.63, 3.8) is 0 Å². The molecule has 0 aromatic carbocycles. The van der Waals surface area contributed by atoms with Gasteiger partial charge in [0.2, 0.25) is 0 Å². The molecular formula is C12H17ClN2O3. The average molecular weight is 273 g/mol. The smallest absolute Gasteiger partial charge is 0.356 e. The largest absolute Gasteiger partial charge is 0.476 e. The summed E-state index contributed by atoms with van der Waals surface area (Å²) >= 11 is 5.71. The second kappa shape index (κ2) is 7.89. The van der Waals surface area contributed by atoms with Crippen molar-refractivity contribution in [2.75, 3.05) is 25.1 Å². The molecule has 0 amide bonds. The van der Waals surface area contributed by atoms with Crippen molar-refractivity contribution in [3.8, 4) is 0 Å². The van der Waals surface area contributed by atoms with Gasteiger partial charge in [0.1, 0.15) is 5.82 Å². The molecule has 100 valence electrons. The van der Waals surface area contributed by atoms with Crippen LogP contribution in [0.2, 0.25) is 5.02 Å². The normalized spacial score (nSPS) is 10.3. The number of rotatable bonds is 8. The Morgan fingerprint density at radius 2 is 2.28 bits per heavy atom. The summed E-state index contributed by atoms with van der Waals surface area (Å²) in [6, 6.07) is 3.15. The summed E-state index contributed by atoms with van der Waals surface area (Å²) in [5.41, 5.74) is -0.145. The molecular weight excluding hydrogens is 256 g/mol. The standard InChI is InChI=1S/C12H17ClN2O3/c1-2-3-7-18-8-6-14-10-5-4-9(13)11(15-10)12(16)17/h4-5H,2-3,6-8H2,1H3,(H,14,15)(H,16,17). The second-order valence-electron chi connectivity index (χ2n) is 3.72. The maximum Gasteiger partial charge on any atom is 0.356 e. The molecule has 6 heteroatoms. The van der Waals surface area contributed by atoms with Crippen LogP contribution in [0.4, 0.5) is 5.82 Å². The van der Waals surface area contributed by atoms with E-state index in [0.29, 0.717) is 19.0 Å². The molecule has 1 rings (SSSR count). The van der Waals surface area contributed by atoms with E-state index in [2.05, 4.69) is 17.2 Å². The third kappa shape index (κ3) is 4.89. The molecule has 18 heavy (non-hydrogen) atoms. The van der Waals surface area contributed by atoms with Crippen LogP contribution in [0.3, 0.4) is 0 Å². The first-order chi connectivity index (χ1) is 8.65. The van der Waals surface area contributed by atoms with E-state index < -0.39 is 5.97 Å². The van der Waals surface area contributed by atoms with Gasteiger partial charge in [0.05, 0.1) is 11.6 Å². The number of unbranched alkanes of at least 4 members (excludes halogenated alkanes) is 1. The molecule has 1 aromatic heterocycles. The predicted octanol–water partition coefficient (Wildman–Crippen LogP) is 2.66. The van der Waals surface area contributed by atoms with E-state index in [1.54, 1.807) is 6.07 Å². The van der Waals surface area contributed by atoms with Crippen molar-refractivity contribution in [2.45, 2.75) is 19.8 Å². The predicted molar refractivity (Wildman–Crippen MR) is 70.4 cm³/mol. The fourth-order valence-electron chi connectivity index (χ4n) is 1.29. The lowest BCUT2D eigenvalue weighted by Gasteiger charge is -2.07. The first-order valence-corrected chi connectivity index (χ1v) is 6.24. The molecule has 0 saturated heterocycles. The van der Waals surface area contributed by atoms with Crippen LogP contribution in [0, 0.1) is 0 Å². The van der Waals surface area contributed by atoms with Crippen molar-refractivity contribution in [1.29, 1.82) is 0 Å². The summed E-state index contributed by atoms with van der Waals surface area (Å²) in [6.07, 6.45) is 2.15. The Kier molecular flexibility index (Phi) is 6.46. The highest BCUT2D eigenvalue weighted by molar-refractivity contribution is 6.33. The zero-order valence-electron chi connectivity index (χ0n) is 10.3. The second-order valence-corrected chi connectivity index (χ2v) is 4.13. The highest BCUT2D eigenvalue weighted by Crippen LogP contribution is 2.16. The summed E-state index contributed by atoms with van der Waals surface area (Å²) < 4.78 is 5.36. The molecule has 0 unspecified atom stereocenters. The lowest BCUT2D eigenvalue weighted by Crippen LogP contribution is -2.12. The number of hydrogen-bond donors (Lipinski definition) is 2. The number of nitrogens with zero attached hydrogens (tertiary/aromatic N) is 1. The molecule has 2 N–H and O–H groups in total. The Labute approximate surface area is 111 Å². The number of halogens is 1. The van der Waals surface area contributed by atoms with Gasteiger partial charge in [0.15, 0.2) is 5.69 Å². The van der Waals surface area contributed by atoms with Gasteiger partial charge in [-0.3, -0.25) is 0 Å². The monoisotopic (exact) mass is 272 g/mol. The van der Waals surface area contributed by atoms with E-state index in [-0.39, 0.29) is 10.7 Å². The SMILES string of the molecule is CCCCOCCNc1ccc(Cl)c(C(=O)O)n1. The molecule has 5 nitrogen and oxygen atoms in total. The fraction of sp³-hybridized carbons (Fsp3) is 0.500. The zero-order chi connectivity index (χ0) is 13.4. The average Bonchev–Trinajstić information content (AvgIpc) is 2.35. The lowest BCUT2D eigenvalue weighted by atomic mass is 10.3. The minimum atomic E-state index is -1.14. The van der Waals surface area contributed by atoms with E-state index in [4.69, 9.17) is 21.4 Å². The topological polar surface area (TPSA) is 71.5 Å². The minimum Gasteiger partial charge on any atom is -0.476 e. The van der Waals surface area contributed by atoms with Crippen molar-refractivity contribution in [1.82, 2.24) is 4.98 Å². The fourth-order valence-corrected chi connectivity index (χ4v) is 1.48. The van der Waals surface area contributed by atoms with Gasteiger partial charge in [-0.2, -0.15) is 0 Å². The van der Waals surface area contributed by atoms with E-state index in [0.717, 1.165) is 19.4 Å². The van der Waals surface area contributed by atoms with Gasteiger partial charge in [0, 0.05) is 13.2 Å². The Balaban J connectivity index is 2.38. The van der Waals surface area contributed by atoms with Gasteiger partial charge in [-0.25, -0.2) is 9.78 Å². The van der Waals surface area contributed by atoms with Crippen LogP contribution in [0.5, 0.6) is 0 Å². The van der Waals surface area contributed by atoms with Gasteiger partial charge in [-0.15, -0.1) is 0 Å². The van der Waals surface area contributed by atoms with Crippen LogP contribution in [0.25, 0.3) is 0 Å². The Morgan fingerprint density at radius 1 is 1.50 bits per heavy atom. The van der Waals surface area contributed by atoms with E-state index in [9.17, 15) is 4.79 Å². The highest BCUT2D eigenvalue weighted by atomic mass is 35.5. The maximum absolute atomic E-state index is 10.8. The summed E-state index contributed by atoms with van der Waals surface area (Å²) in [5.74, 6) is -0.654. The Bertz CT molecular complexity index is 399. The van der Waals surface area contributed by atoms with E-state index in [1.807, 2.05) is 0 Å². The van der Waals surface area contributed by atoms with Gasteiger partial charge in [0.25, 0.3) is 0 Å². The number of carbonyl (C=O) groups is 1. The summed E-state index contributed by atoms with van der Waals surface area (Å²) in [6.45, 7) is 3.99. The number of anilines is 1. The molecule has 0 radical (unpaired) electrons. The first-order valence-electron chi connectivity index (χ1n) is 5.86. The van der Waals surface area contributed by atoms with Gasteiger partial charge >= 0.3 is 5.97 Å². The molecule has 1 aromatic rings. The summed E-state index contributed by atoms with van der Waals surface area (Å²) in [7, 11) is 0. The quantitative estimate of drug-likeness (QED) is 0.712. The Hall–Kier alpha value is -1.33. The number of hydrogen-bond acceptors (Lipinski definition) is 4. The molecule has 0 aliphatic rings. The summed E-state index contributed by atoms with van der Waals surface area (Å²) in [5, 5.41) is 12.0. The molecule has 0 saturated carbocycles. The third-order valence-corrected chi connectivity index (χ3v) is 2.55. The maximum atomic E-state index is 10.8. The van der Waals surface area contributed by atoms with Crippen molar-refractivity contribution in [3.05, 3.63) is 22.8 Å². The van der Waals surface area contributed by atoms with Gasteiger partial charge in [-0.1, -0.05) is 24.9 Å². The zero-order valence-corrected chi connectivity index (χ0v) is 11.0. The number of pyridine rings is 1. The Morgan fingerprint density at radius 3 is 2.94 bits per heavy atom. The number of carboxylic acids is 1. The van der Waals surface area contributed by atoms with E-state index >= 15 is 0 Å². The molecule has 0 spiro atoms. The number of carboxylic acid groups (broad SMARTS) is 1. The highest BCUT2D eigenvalue weighted by Gasteiger charge is 2.10. The van der Waals surface area contributed by atoms with Gasteiger partial charge in [-0.05, 0) is 18.6 Å². The minimum absolute atomic E-state index is 0.132. The number of aromatic nitrogens is 1. The van der Waals surface area contributed by atoms with Crippen molar-refractivity contribution in [2.24, 2.45) is 0 Å². The van der Waals surface area contributed by atoms with Crippen LogP contribution in [-0.2, 0) is 4.74 Å². The molecule has 0 aliphatic carbocycles. The lowest BCUT2D eigenvalue weighted by molar-refractivity contribution is 0.0691. The van der Waals surface area contributed by atoms with Crippen LogP contribution in [0.15, 0.2) is 12.1 Å². The third-order valence-electron chi connectivity index (χ3n) is 2.24. The molecule has 1 heterocycles. The van der Waals surface area contributed by atoms with Crippen LogP contribution in [0.1, 0.15) is 30.3 Å². The van der Waals surface area contributed by atoms with Crippen LogP contribution in [-0.4, -0.2) is 35.8 Å².